The SMILES string of the molecule is C=C/C=C\C1C(C)=CCCC1N(C1=CC=CCC1)c1ccc2c(c1)C1(C3=CC=CCC3C3C=CC=CC31)C1CC2C=CC(N(C2C=CC=CC=C2)C2C=CCC3C=CC=C[C@H]32)C1. The lowest BCUT2D eigenvalue weighted by Crippen LogP contribution is -2.53. The summed E-state index contributed by atoms with van der Waals surface area (Å²) in [6.07, 6.45) is 76.4. The standard InChI is InChI=1S/C60H64N2/c1-3-4-27-50-42(2)20-18-33-58(50)62(47-25-10-7-11-26-47)49-37-38-51-44-35-36-48(61(46-23-8-5-6-9-24-46)59-34-19-22-43-21-12-13-28-52(43)59)40-45(39-44)60(57(51)41-49)55-31-16-14-29-53(55)54-30-15-17-32-56(54)60/h3-10,12-17,19-21,23-25,27-29,31-32,34-38,41,43-46,48,50,52-55,58-59H,1,11,18,22,26,30,33,39-40H2,2H3/b27-4-/t43?,44?,45?,48?,50?,52-,53?,54?,55?,58?,59?,60?/m1/s1. The van der Waals surface area contributed by atoms with E-state index < -0.39 is 0 Å². The summed E-state index contributed by atoms with van der Waals surface area (Å²) in [7, 11) is 0. The number of benzene rings is 1. The molecule has 1 saturated carbocycles. The van der Waals surface area contributed by atoms with Gasteiger partial charge in [-0.05, 0) is 117 Å². The van der Waals surface area contributed by atoms with Crippen molar-refractivity contribution in [2.24, 2.45) is 41.4 Å². The molecule has 0 amide bonds. The molecule has 11 unspecified atom stereocenters. The number of nitrogens with zero attached hydrogens (tertiary/aromatic N) is 2. The van der Waals surface area contributed by atoms with Gasteiger partial charge in [-0.15, -0.1) is 0 Å². The summed E-state index contributed by atoms with van der Waals surface area (Å²) in [6, 6.07) is 9.02. The third kappa shape index (κ3) is 6.62. The Bertz CT molecular complexity index is 2390. The van der Waals surface area contributed by atoms with E-state index in [1.807, 2.05) is 6.08 Å². The van der Waals surface area contributed by atoms with Gasteiger partial charge in [0.15, 0.2) is 0 Å². The van der Waals surface area contributed by atoms with Crippen LogP contribution in [0.2, 0.25) is 0 Å². The zero-order valence-electron chi connectivity index (χ0n) is 36.6. The van der Waals surface area contributed by atoms with Crippen molar-refractivity contribution < 1.29 is 0 Å². The Labute approximate surface area is 372 Å². The minimum atomic E-state index is -0.106. The van der Waals surface area contributed by atoms with Gasteiger partial charge in [-0.2, -0.15) is 0 Å². The summed E-state index contributed by atoms with van der Waals surface area (Å²) in [4.78, 5) is 5.73. The largest absolute Gasteiger partial charge is 0.341 e. The van der Waals surface area contributed by atoms with Gasteiger partial charge in [0.25, 0.3) is 0 Å². The molecule has 10 aliphatic carbocycles. The van der Waals surface area contributed by atoms with Crippen LogP contribution in [0.25, 0.3) is 0 Å². The van der Waals surface area contributed by atoms with E-state index in [0.717, 1.165) is 44.9 Å². The Kier molecular flexibility index (Phi) is 10.8. The molecule has 1 spiro atoms. The van der Waals surface area contributed by atoms with E-state index >= 15 is 0 Å². The zero-order valence-corrected chi connectivity index (χ0v) is 36.6. The van der Waals surface area contributed by atoms with E-state index in [4.69, 9.17) is 0 Å². The first-order valence-corrected chi connectivity index (χ1v) is 24.1. The van der Waals surface area contributed by atoms with Crippen molar-refractivity contribution in [3.05, 3.63) is 223 Å². The van der Waals surface area contributed by atoms with Crippen LogP contribution in [-0.4, -0.2) is 29.1 Å². The predicted molar refractivity (Wildman–Crippen MR) is 261 cm³/mol. The molecule has 1 aromatic carbocycles. The van der Waals surface area contributed by atoms with Gasteiger partial charge >= 0.3 is 0 Å². The van der Waals surface area contributed by atoms with E-state index in [0.29, 0.717) is 59.4 Å². The van der Waals surface area contributed by atoms with Crippen molar-refractivity contribution in [3.63, 3.8) is 0 Å². The molecular formula is C60H64N2. The first-order chi connectivity index (χ1) is 30.6. The van der Waals surface area contributed by atoms with Crippen molar-refractivity contribution in [2.75, 3.05) is 4.90 Å². The third-order valence-electron chi connectivity index (χ3n) is 16.7. The van der Waals surface area contributed by atoms with Gasteiger partial charge in [0.2, 0.25) is 0 Å². The molecular weight excluding hydrogens is 749 g/mol. The molecule has 2 bridgehead atoms. The van der Waals surface area contributed by atoms with Gasteiger partial charge in [0.1, 0.15) is 0 Å². The molecule has 0 aliphatic heterocycles. The van der Waals surface area contributed by atoms with Crippen LogP contribution in [0.1, 0.15) is 75.3 Å². The van der Waals surface area contributed by atoms with Crippen molar-refractivity contribution >= 4 is 5.69 Å². The molecule has 2 nitrogen and oxygen atoms in total. The highest BCUT2D eigenvalue weighted by Gasteiger charge is 2.62. The topological polar surface area (TPSA) is 6.48 Å². The number of anilines is 1. The highest BCUT2D eigenvalue weighted by molar-refractivity contribution is 5.65. The molecule has 2 heteroatoms. The maximum Gasteiger partial charge on any atom is 0.0479 e. The summed E-state index contributed by atoms with van der Waals surface area (Å²) in [5, 5.41) is 0. The number of rotatable bonds is 8. The minimum absolute atomic E-state index is 0.106. The molecule has 62 heavy (non-hydrogen) atoms. The fraction of sp³-hybridized carbons (Fsp3) is 0.367. The molecule has 0 saturated heterocycles. The fourth-order valence-corrected chi connectivity index (χ4v) is 14.2. The Hall–Kier alpha value is -5.18. The highest BCUT2D eigenvalue weighted by atomic mass is 15.2. The van der Waals surface area contributed by atoms with Crippen molar-refractivity contribution in [2.45, 2.75) is 93.8 Å². The summed E-state index contributed by atoms with van der Waals surface area (Å²) < 4.78 is 0. The molecule has 0 heterocycles. The van der Waals surface area contributed by atoms with E-state index in [1.165, 1.54) is 23.4 Å². The Balaban J connectivity index is 1.09. The normalized spacial score (nSPS) is 37.1. The van der Waals surface area contributed by atoms with Crippen LogP contribution >= 0.6 is 0 Å². The van der Waals surface area contributed by atoms with Crippen LogP contribution in [0.5, 0.6) is 0 Å². The van der Waals surface area contributed by atoms with Gasteiger partial charge in [0.05, 0.1) is 0 Å². The summed E-state index contributed by atoms with van der Waals surface area (Å²) >= 11 is 0. The monoisotopic (exact) mass is 813 g/mol. The van der Waals surface area contributed by atoms with Gasteiger partial charge in [-0.3, -0.25) is 4.90 Å². The van der Waals surface area contributed by atoms with Gasteiger partial charge < -0.3 is 4.90 Å². The van der Waals surface area contributed by atoms with Crippen LogP contribution in [-0.2, 0) is 5.41 Å². The number of fused-ring (bicyclic) bond motifs is 12. The summed E-state index contributed by atoms with van der Waals surface area (Å²) in [5.41, 5.74) is 9.07. The molecule has 10 aliphatic rings. The molecule has 0 N–H and O–H groups in total. The van der Waals surface area contributed by atoms with E-state index in [2.05, 4.69) is 206 Å². The lowest BCUT2D eigenvalue weighted by molar-refractivity contribution is 0.0936. The summed E-state index contributed by atoms with van der Waals surface area (Å²) in [6.45, 7) is 6.43. The van der Waals surface area contributed by atoms with E-state index in [1.54, 1.807) is 16.7 Å². The van der Waals surface area contributed by atoms with Crippen LogP contribution in [0.4, 0.5) is 5.69 Å². The first-order valence-electron chi connectivity index (χ1n) is 24.1. The maximum atomic E-state index is 4.08. The molecule has 12 atom stereocenters. The third-order valence-corrected chi connectivity index (χ3v) is 16.7. The van der Waals surface area contributed by atoms with E-state index in [-0.39, 0.29) is 17.5 Å². The average molecular weight is 813 g/mol. The van der Waals surface area contributed by atoms with Crippen molar-refractivity contribution in [1.29, 1.82) is 0 Å². The lowest BCUT2D eigenvalue weighted by Gasteiger charge is -2.52. The number of hydrogen-bond acceptors (Lipinski definition) is 2. The van der Waals surface area contributed by atoms with Gasteiger partial charge in [-0.25, -0.2) is 0 Å². The smallest absolute Gasteiger partial charge is 0.0479 e. The van der Waals surface area contributed by atoms with Crippen molar-refractivity contribution in [3.8, 4) is 0 Å². The van der Waals surface area contributed by atoms with Crippen LogP contribution in [0.15, 0.2) is 212 Å². The highest BCUT2D eigenvalue weighted by Crippen LogP contribution is 2.68. The van der Waals surface area contributed by atoms with Crippen LogP contribution in [0, 0.1) is 41.4 Å². The minimum Gasteiger partial charge on any atom is -0.341 e. The predicted octanol–water partition coefficient (Wildman–Crippen LogP) is 13.8. The molecule has 1 fully saturated rings. The number of hydrogen-bond donors (Lipinski definition) is 0. The van der Waals surface area contributed by atoms with Crippen LogP contribution in [0.3, 0.4) is 0 Å². The Morgan fingerprint density at radius 2 is 1.56 bits per heavy atom. The van der Waals surface area contributed by atoms with Gasteiger partial charge in [0, 0.05) is 58.7 Å². The second kappa shape index (κ2) is 16.8. The molecule has 0 aromatic heterocycles. The second-order valence-corrected chi connectivity index (χ2v) is 19.6. The molecule has 314 valence electrons. The fourth-order valence-electron chi connectivity index (χ4n) is 14.2. The van der Waals surface area contributed by atoms with Gasteiger partial charge in [-0.1, -0.05) is 188 Å². The molecule has 11 rings (SSSR count). The van der Waals surface area contributed by atoms with E-state index in [9.17, 15) is 0 Å². The lowest BCUT2D eigenvalue weighted by atomic mass is 9.53. The second-order valence-electron chi connectivity index (χ2n) is 19.6. The average Bonchev–Trinajstić information content (AvgIpc) is 3.51. The van der Waals surface area contributed by atoms with Crippen LogP contribution < -0.4 is 4.90 Å². The maximum absolute atomic E-state index is 4.08. The Morgan fingerprint density at radius 3 is 2.42 bits per heavy atom. The summed E-state index contributed by atoms with van der Waals surface area (Å²) in [5.74, 6) is 3.62. The quantitative estimate of drug-likeness (QED) is 0.191. The Morgan fingerprint density at radius 1 is 0.742 bits per heavy atom. The molecule has 0 radical (unpaired) electrons. The first kappa shape index (κ1) is 39.7. The molecule has 1 aromatic rings. The zero-order chi connectivity index (χ0) is 41.6. The van der Waals surface area contributed by atoms with Crippen molar-refractivity contribution in [1.82, 2.24) is 4.90 Å². The number of allylic oxidation sites excluding steroid dienone is 24.